The summed E-state index contributed by atoms with van der Waals surface area (Å²) in [5, 5.41) is 21.7. The summed E-state index contributed by atoms with van der Waals surface area (Å²) in [6.45, 7) is 7.10. The van der Waals surface area contributed by atoms with E-state index in [-0.39, 0.29) is 0 Å². The Bertz CT molecular complexity index is 508. The highest BCUT2D eigenvalue weighted by Crippen LogP contribution is 2.67. The van der Waals surface area contributed by atoms with Gasteiger partial charge in [-0.2, -0.15) is 0 Å². The van der Waals surface area contributed by atoms with E-state index in [0.29, 0.717) is 29.6 Å². The molecule has 2 N–H and O–H groups in total. The number of hydrogen-bond acceptors (Lipinski definition) is 2. The maximum Gasteiger partial charge on any atom is 0.172 e. The topological polar surface area (TPSA) is 40.5 Å². The Morgan fingerprint density at radius 2 is 1.82 bits per heavy atom. The molecule has 0 spiro atoms. The zero-order valence-electron chi connectivity index (χ0n) is 14.4. The van der Waals surface area contributed by atoms with Crippen LogP contribution in [0.25, 0.3) is 0 Å². The lowest BCUT2D eigenvalue weighted by Crippen LogP contribution is -2.61. The molecule has 2 nitrogen and oxygen atoms in total. The van der Waals surface area contributed by atoms with Crippen LogP contribution >= 0.6 is 0 Å². The van der Waals surface area contributed by atoms with Gasteiger partial charge in [0.1, 0.15) is 0 Å². The van der Waals surface area contributed by atoms with Crippen LogP contribution in [-0.4, -0.2) is 16.0 Å². The molecule has 0 amide bonds. The fraction of sp³-hybridized carbons (Fsp3) is 0.900. The second-order valence-electron chi connectivity index (χ2n) is 9.34. The maximum atomic E-state index is 10.9. The summed E-state index contributed by atoms with van der Waals surface area (Å²) in [7, 11) is 0. The minimum atomic E-state index is -1.51. The minimum Gasteiger partial charge on any atom is -0.365 e. The molecule has 4 aliphatic rings. The lowest BCUT2D eigenvalue weighted by Gasteiger charge is -2.62. The van der Waals surface area contributed by atoms with Crippen LogP contribution in [-0.2, 0) is 0 Å². The van der Waals surface area contributed by atoms with Crippen molar-refractivity contribution >= 4 is 0 Å². The van der Waals surface area contributed by atoms with Gasteiger partial charge in [0, 0.05) is 11.8 Å². The first-order valence-electron chi connectivity index (χ1n) is 9.44. The normalized spacial score (nSPS) is 53.2. The van der Waals surface area contributed by atoms with Crippen molar-refractivity contribution in [3.8, 4) is 0 Å². The van der Waals surface area contributed by atoms with Gasteiger partial charge in [-0.25, -0.2) is 0 Å². The smallest absolute Gasteiger partial charge is 0.172 e. The monoisotopic (exact) mass is 304 g/mol. The van der Waals surface area contributed by atoms with Crippen molar-refractivity contribution in [2.24, 2.45) is 34.5 Å². The molecule has 3 saturated carbocycles. The van der Waals surface area contributed by atoms with Crippen molar-refractivity contribution < 1.29 is 10.2 Å². The van der Waals surface area contributed by atoms with E-state index in [4.69, 9.17) is 0 Å². The Kier molecular flexibility index (Phi) is 3.18. The van der Waals surface area contributed by atoms with Gasteiger partial charge in [-0.15, -0.1) is 0 Å². The van der Waals surface area contributed by atoms with Gasteiger partial charge in [-0.1, -0.05) is 38.8 Å². The third kappa shape index (κ3) is 1.74. The number of fused-ring (bicyclic) bond motifs is 5. The molecule has 4 aliphatic carbocycles. The average Bonchev–Trinajstić information content (AvgIpc) is 2.83. The first-order chi connectivity index (χ1) is 10.3. The SMILES string of the molecule is C[C@H]1CC2=CCCC(O)(O)[C@]2(C)[C@H]2CC[C@]3(C)CCC[C@H]3[C@H]12. The van der Waals surface area contributed by atoms with Crippen LogP contribution in [0.4, 0.5) is 0 Å². The minimum absolute atomic E-state index is 0.410. The molecule has 0 aromatic carbocycles. The zero-order chi connectivity index (χ0) is 15.8. The van der Waals surface area contributed by atoms with Gasteiger partial charge < -0.3 is 10.2 Å². The summed E-state index contributed by atoms with van der Waals surface area (Å²) in [5.74, 6) is 1.12. The standard InChI is InChI=1S/C20H32O2/c1-13-12-14-6-4-10-20(21,22)19(14,3)16-8-11-18(2)9-5-7-15(18)17(13)16/h6,13,15-17,21-22H,4-5,7-12H2,1-3H3/t13-,15-,16-,17-,18-,19-/m0/s1. The summed E-state index contributed by atoms with van der Waals surface area (Å²) in [6, 6.07) is 0. The Hall–Kier alpha value is -0.340. The number of allylic oxidation sites excluding steroid dienone is 1. The third-order valence-electron chi connectivity index (χ3n) is 8.44. The van der Waals surface area contributed by atoms with E-state index in [2.05, 4.69) is 26.8 Å². The molecule has 124 valence electrons. The summed E-state index contributed by atoms with van der Waals surface area (Å²) in [5.41, 5.74) is 1.46. The van der Waals surface area contributed by atoms with Gasteiger partial charge in [0.2, 0.25) is 0 Å². The Balaban J connectivity index is 1.79. The van der Waals surface area contributed by atoms with Crippen LogP contribution in [0.5, 0.6) is 0 Å². The quantitative estimate of drug-likeness (QED) is 0.518. The lowest BCUT2D eigenvalue weighted by molar-refractivity contribution is -0.271. The van der Waals surface area contributed by atoms with Crippen molar-refractivity contribution in [3.05, 3.63) is 11.6 Å². The Morgan fingerprint density at radius 1 is 1.05 bits per heavy atom. The molecule has 4 rings (SSSR count). The molecule has 0 aromatic heterocycles. The van der Waals surface area contributed by atoms with Crippen molar-refractivity contribution in [2.75, 3.05) is 0 Å². The van der Waals surface area contributed by atoms with E-state index in [1.54, 1.807) is 0 Å². The molecule has 0 saturated heterocycles. The van der Waals surface area contributed by atoms with Gasteiger partial charge >= 0.3 is 0 Å². The molecule has 0 aromatic rings. The maximum absolute atomic E-state index is 10.9. The van der Waals surface area contributed by atoms with Crippen molar-refractivity contribution in [1.29, 1.82) is 0 Å². The third-order valence-corrected chi connectivity index (χ3v) is 8.44. The molecule has 2 heteroatoms. The van der Waals surface area contributed by atoms with Gasteiger partial charge in [-0.05, 0) is 67.6 Å². The predicted octanol–water partition coefficient (Wildman–Crippen LogP) is 4.27. The van der Waals surface area contributed by atoms with Crippen LogP contribution in [0.2, 0.25) is 0 Å². The van der Waals surface area contributed by atoms with Crippen LogP contribution in [0, 0.1) is 34.5 Å². The van der Waals surface area contributed by atoms with Gasteiger partial charge in [0.15, 0.2) is 5.79 Å². The first-order valence-corrected chi connectivity index (χ1v) is 9.44. The van der Waals surface area contributed by atoms with Crippen LogP contribution in [0.3, 0.4) is 0 Å². The average molecular weight is 304 g/mol. The molecule has 0 bridgehead atoms. The van der Waals surface area contributed by atoms with Crippen molar-refractivity contribution in [3.63, 3.8) is 0 Å². The van der Waals surface area contributed by atoms with Crippen molar-refractivity contribution in [2.45, 2.75) is 77.9 Å². The zero-order valence-corrected chi connectivity index (χ0v) is 14.4. The van der Waals surface area contributed by atoms with E-state index in [0.717, 1.165) is 18.8 Å². The van der Waals surface area contributed by atoms with Crippen molar-refractivity contribution in [1.82, 2.24) is 0 Å². The highest BCUT2D eigenvalue weighted by Gasteiger charge is 2.63. The molecular formula is C20H32O2. The van der Waals surface area contributed by atoms with Crippen LogP contribution in [0.1, 0.15) is 72.1 Å². The fourth-order valence-electron chi connectivity index (χ4n) is 7.14. The summed E-state index contributed by atoms with van der Waals surface area (Å²) in [4.78, 5) is 0. The largest absolute Gasteiger partial charge is 0.365 e. The second kappa shape index (κ2) is 4.60. The molecule has 6 atom stereocenters. The number of hydrogen-bond donors (Lipinski definition) is 2. The fourth-order valence-corrected chi connectivity index (χ4v) is 7.14. The summed E-state index contributed by atoms with van der Waals surface area (Å²) < 4.78 is 0. The predicted molar refractivity (Wildman–Crippen MR) is 88.0 cm³/mol. The molecule has 0 heterocycles. The first kappa shape index (κ1) is 15.2. The lowest BCUT2D eigenvalue weighted by atomic mass is 9.44. The van der Waals surface area contributed by atoms with Gasteiger partial charge in [0.25, 0.3) is 0 Å². The van der Waals surface area contributed by atoms with Gasteiger partial charge in [0.05, 0.1) is 0 Å². The number of aliphatic hydroxyl groups is 2. The summed E-state index contributed by atoms with van der Waals surface area (Å²) >= 11 is 0. The molecule has 22 heavy (non-hydrogen) atoms. The number of rotatable bonds is 0. The molecule has 3 fully saturated rings. The second-order valence-corrected chi connectivity index (χ2v) is 9.34. The van der Waals surface area contributed by atoms with E-state index in [1.807, 2.05) is 0 Å². The summed E-state index contributed by atoms with van der Waals surface area (Å²) in [6.07, 6.45) is 11.3. The van der Waals surface area contributed by atoms with E-state index < -0.39 is 11.2 Å². The van der Waals surface area contributed by atoms with E-state index in [1.165, 1.54) is 37.7 Å². The Labute approximate surface area is 135 Å². The highest BCUT2D eigenvalue weighted by atomic mass is 16.5. The molecule has 0 unspecified atom stereocenters. The van der Waals surface area contributed by atoms with E-state index >= 15 is 0 Å². The van der Waals surface area contributed by atoms with Crippen LogP contribution < -0.4 is 0 Å². The van der Waals surface area contributed by atoms with Crippen LogP contribution in [0.15, 0.2) is 11.6 Å². The molecule has 0 aliphatic heterocycles. The molecular weight excluding hydrogens is 272 g/mol. The van der Waals surface area contributed by atoms with Gasteiger partial charge in [-0.3, -0.25) is 0 Å². The molecule has 0 radical (unpaired) electrons. The highest BCUT2D eigenvalue weighted by molar-refractivity contribution is 5.28. The Morgan fingerprint density at radius 3 is 2.59 bits per heavy atom. The van der Waals surface area contributed by atoms with E-state index in [9.17, 15) is 10.2 Å².